The van der Waals surface area contributed by atoms with Gasteiger partial charge in [-0.15, -0.1) is 0 Å². The number of nitrogens with one attached hydrogen (secondary N) is 1. The molecular formula is C10H16N2O4. The van der Waals surface area contributed by atoms with E-state index in [9.17, 15) is 14.4 Å². The Morgan fingerprint density at radius 2 is 1.88 bits per heavy atom. The maximum absolute atomic E-state index is 11.6. The topological polar surface area (TPSA) is 109 Å². The summed E-state index contributed by atoms with van der Waals surface area (Å²) in [7, 11) is 0. The summed E-state index contributed by atoms with van der Waals surface area (Å²) in [5.74, 6) is -2.97. The van der Waals surface area contributed by atoms with Crippen molar-refractivity contribution in [3.05, 3.63) is 0 Å². The van der Waals surface area contributed by atoms with Crippen molar-refractivity contribution in [1.29, 1.82) is 0 Å². The Labute approximate surface area is 93.2 Å². The Balaban J connectivity index is 2.59. The summed E-state index contributed by atoms with van der Waals surface area (Å²) in [6, 6.07) is 0. The second-order valence-electron chi connectivity index (χ2n) is 4.31. The number of carbonyl (C=O) groups is 3. The van der Waals surface area contributed by atoms with Crippen LogP contribution in [0.25, 0.3) is 0 Å². The summed E-state index contributed by atoms with van der Waals surface area (Å²) in [5, 5.41) is 11.3. The van der Waals surface area contributed by atoms with E-state index in [2.05, 4.69) is 5.32 Å². The van der Waals surface area contributed by atoms with Gasteiger partial charge in [-0.2, -0.15) is 0 Å². The van der Waals surface area contributed by atoms with Gasteiger partial charge in [-0.05, 0) is 18.8 Å². The summed E-state index contributed by atoms with van der Waals surface area (Å²) in [6.07, 6.45) is 1.05. The van der Waals surface area contributed by atoms with Crippen molar-refractivity contribution in [2.45, 2.75) is 19.8 Å². The third-order valence-electron chi connectivity index (χ3n) is 2.89. The van der Waals surface area contributed by atoms with Gasteiger partial charge >= 0.3 is 5.97 Å². The fourth-order valence-electron chi connectivity index (χ4n) is 2.16. The minimum absolute atomic E-state index is 0.213. The number of carbonyl (C=O) groups excluding carboxylic acids is 2. The van der Waals surface area contributed by atoms with E-state index in [4.69, 9.17) is 10.8 Å². The standard InChI is InChI=1S/C10H16N2O4/c1-5-2-6(7(3-5)10(15)16)9(14)12-4-8(11)13/h5-7H,2-4H2,1H3,(H2,11,13)(H,12,14)(H,15,16). The maximum atomic E-state index is 11.6. The van der Waals surface area contributed by atoms with Gasteiger partial charge in [0.1, 0.15) is 0 Å². The van der Waals surface area contributed by atoms with Gasteiger partial charge in [-0.25, -0.2) is 0 Å². The van der Waals surface area contributed by atoms with Crippen molar-refractivity contribution in [3.63, 3.8) is 0 Å². The Bertz CT molecular complexity index is 316. The molecule has 0 aromatic heterocycles. The molecule has 1 saturated carbocycles. The van der Waals surface area contributed by atoms with Crippen LogP contribution in [-0.4, -0.2) is 29.4 Å². The third kappa shape index (κ3) is 2.95. The van der Waals surface area contributed by atoms with Crippen molar-refractivity contribution in [2.75, 3.05) is 6.54 Å². The zero-order valence-electron chi connectivity index (χ0n) is 9.10. The van der Waals surface area contributed by atoms with Gasteiger partial charge in [0.05, 0.1) is 18.4 Å². The Morgan fingerprint density at radius 3 is 2.38 bits per heavy atom. The number of rotatable bonds is 4. The lowest BCUT2D eigenvalue weighted by Gasteiger charge is -2.14. The quantitative estimate of drug-likeness (QED) is 0.593. The normalized spacial score (nSPS) is 28.7. The highest BCUT2D eigenvalue weighted by molar-refractivity contribution is 5.88. The zero-order valence-corrected chi connectivity index (χ0v) is 9.10. The van der Waals surface area contributed by atoms with Gasteiger partial charge < -0.3 is 16.2 Å². The van der Waals surface area contributed by atoms with Gasteiger partial charge in [0, 0.05) is 0 Å². The van der Waals surface area contributed by atoms with E-state index in [0.29, 0.717) is 12.8 Å². The van der Waals surface area contributed by atoms with E-state index in [0.717, 1.165) is 0 Å². The molecule has 1 fully saturated rings. The number of aliphatic carboxylic acids is 1. The molecule has 4 N–H and O–H groups in total. The van der Waals surface area contributed by atoms with Gasteiger partial charge in [-0.3, -0.25) is 14.4 Å². The molecular weight excluding hydrogens is 212 g/mol. The first kappa shape index (κ1) is 12.5. The summed E-state index contributed by atoms with van der Waals surface area (Å²) >= 11 is 0. The molecule has 0 spiro atoms. The second kappa shape index (κ2) is 4.96. The molecule has 0 aliphatic heterocycles. The van der Waals surface area contributed by atoms with Crippen LogP contribution in [0.2, 0.25) is 0 Å². The number of carboxylic acids is 1. The lowest BCUT2D eigenvalue weighted by atomic mass is 9.95. The van der Waals surface area contributed by atoms with Crippen LogP contribution in [-0.2, 0) is 14.4 Å². The highest BCUT2D eigenvalue weighted by Gasteiger charge is 2.41. The van der Waals surface area contributed by atoms with Crippen LogP contribution in [0.3, 0.4) is 0 Å². The molecule has 0 bridgehead atoms. The minimum Gasteiger partial charge on any atom is -0.481 e. The second-order valence-corrected chi connectivity index (χ2v) is 4.31. The summed E-state index contributed by atoms with van der Waals surface area (Å²) < 4.78 is 0. The molecule has 0 saturated heterocycles. The van der Waals surface area contributed by atoms with Crippen LogP contribution in [0.4, 0.5) is 0 Å². The van der Waals surface area contributed by atoms with Gasteiger partial charge in [0.15, 0.2) is 0 Å². The van der Waals surface area contributed by atoms with Crippen LogP contribution in [0.15, 0.2) is 0 Å². The monoisotopic (exact) mass is 228 g/mol. The van der Waals surface area contributed by atoms with Gasteiger partial charge in [0.2, 0.25) is 11.8 Å². The molecule has 0 heterocycles. The number of hydrogen-bond donors (Lipinski definition) is 3. The molecule has 6 heteroatoms. The molecule has 0 radical (unpaired) electrons. The average Bonchev–Trinajstić information content (AvgIpc) is 2.56. The number of primary amides is 1. The summed E-state index contributed by atoms with van der Waals surface area (Å²) in [5.41, 5.74) is 4.89. The van der Waals surface area contributed by atoms with Crippen molar-refractivity contribution >= 4 is 17.8 Å². The Morgan fingerprint density at radius 1 is 1.31 bits per heavy atom. The van der Waals surface area contributed by atoms with E-state index >= 15 is 0 Å². The predicted octanol–water partition coefficient (Wildman–Crippen LogP) is -0.665. The first-order chi connectivity index (χ1) is 7.41. The van der Waals surface area contributed by atoms with E-state index in [1.165, 1.54) is 0 Å². The van der Waals surface area contributed by atoms with Gasteiger partial charge in [-0.1, -0.05) is 6.92 Å². The minimum atomic E-state index is -0.955. The number of carboxylic acid groups (broad SMARTS) is 1. The van der Waals surface area contributed by atoms with Crippen LogP contribution in [0.5, 0.6) is 0 Å². The van der Waals surface area contributed by atoms with Gasteiger partial charge in [0.25, 0.3) is 0 Å². The largest absolute Gasteiger partial charge is 0.481 e. The number of nitrogens with two attached hydrogens (primary N) is 1. The molecule has 1 aliphatic rings. The highest BCUT2D eigenvalue weighted by atomic mass is 16.4. The van der Waals surface area contributed by atoms with E-state index in [-0.39, 0.29) is 12.5 Å². The summed E-state index contributed by atoms with van der Waals surface area (Å²) in [4.78, 5) is 33.0. The number of amides is 2. The zero-order chi connectivity index (χ0) is 12.3. The van der Waals surface area contributed by atoms with Crippen LogP contribution < -0.4 is 11.1 Å². The van der Waals surface area contributed by atoms with E-state index < -0.39 is 29.6 Å². The molecule has 0 aromatic carbocycles. The molecule has 0 aromatic rings. The molecule has 1 rings (SSSR count). The van der Waals surface area contributed by atoms with Crippen LogP contribution in [0.1, 0.15) is 19.8 Å². The molecule has 3 atom stereocenters. The molecule has 16 heavy (non-hydrogen) atoms. The van der Waals surface area contributed by atoms with Crippen LogP contribution in [0, 0.1) is 17.8 Å². The van der Waals surface area contributed by atoms with Crippen molar-refractivity contribution in [1.82, 2.24) is 5.32 Å². The highest BCUT2D eigenvalue weighted by Crippen LogP contribution is 2.36. The first-order valence-electron chi connectivity index (χ1n) is 5.20. The van der Waals surface area contributed by atoms with Crippen molar-refractivity contribution in [2.24, 2.45) is 23.5 Å². The maximum Gasteiger partial charge on any atom is 0.307 e. The number of hydrogen-bond acceptors (Lipinski definition) is 3. The first-order valence-corrected chi connectivity index (χ1v) is 5.20. The van der Waals surface area contributed by atoms with E-state index in [1.807, 2.05) is 6.92 Å². The van der Waals surface area contributed by atoms with Crippen molar-refractivity contribution < 1.29 is 19.5 Å². The fraction of sp³-hybridized carbons (Fsp3) is 0.700. The SMILES string of the molecule is CC1CC(C(=O)O)C(C(=O)NCC(N)=O)C1. The fourth-order valence-corrected chi connectivity index (χ4v) is 2.16. The van der Waals surface area contributed by atoms with Crippen LogP contribution >= 0.6 is 0 Å². The molecule has 1 aliphatic carbocycles. The third-order valence-corrected chi connectivity index (χ3v) is 2.89. The lowest BCUT2D eigenvalue weighted by Crippen LogP contribution is -2.39. The molecule has 2 amide bonds. The average molecular weight is 228 g/mol. The van der Waals surface area contributed by atoms with Crippen molar-refractivity contribution in [3.8, 4) is 0 Å². The smallest absolute Gasteiger partial charge is 0.307 e. The molecule has 90 valence electrons. The Kier molecular flexibility index (Phi) is 3.87. The molecule has 3 unspecified atom stereocenters. The molecule has 6 nitrogen and oxygen atoms in total. The lowest BCUT2D eigenvalue weighted by molar-refractivity contribution is -0.146. The summed E-state index contributed by atoms with van der Waals surface area (Å²) in [6.45, 7) is 1.67. The predicted molar refractivity (Wildman–Crippen MR) is 55.2 cm³/mol. The Hall–Kier alpha value is -1.59. The van der Waals surface area contributed by atoms with E-state index in [1.54, 1.807) is 0 Å².